The zero-order valence-electron chi connectivity index (χ0n) is 8.44. The summed E-state index contributed by atoms with van der Waals surface area (Å²) in [4.78, 5) is 0. The first-order chi connectivity index (χ1) is 7.34. The Morgan fingerprint density at radius 1 is 1.27 bits per heavy atom. The maximum absolute atomic E-state index is 9.45. The van der Waals surface area contributed by atoms with Crippen LogP contribution >= 0.6 is 0 Å². The number of fused-ring (bicyclic) bond motifs is 1. The van der Waals surface area contributed by atoms with Crippen molar-refractivity contribution in [1.29, 1.82) is 0 Å². The normalized spacial score (nSPS) is 17.6. The summed E-state index contributed by atoms with van der Waals surface area (Å²) in [5.41, 5.74) is 1.80. The molecule has 0 radical (unpaired) electrons. The van der Waals surface area contributed by atoms with E-state index in [-0.39, 0.29) is 5.75 Å². The molecule has 0 bridgehead atoms. The number of hydrogen-bond donors (Lipinski definition) is 1. The van der Waals surface area contributed by atoms with Gasteiger partial charge in [0.05, 0.1) is 5.69 Å². The SMILES string of the molecule is Oc1ccc2onc(C3CCCC3)c2c1. The van der Waals surface area contributed by atoms with E-state index in [9.17, 15) is 5.11 Å². The van der Waals surface area contributed by atoms with Gasteiger partial charge in [-0.05, 0) is 31.0 Å². The van der Waals surface area contributed by atoms with Crippen LogP contribution < -0.4 is 0 Å². The van der Waals surface area contributed by atoms with Crippen LogP contribution in [-0.2, 0) is 0 Å². The molecule has 15 heavy (non-hydrogen) atoms. The Morgan fingerprint density at radius 3 is 2.87 bits per heavy atom. The highest BCUT2D eigenvalue weighted by atomic mass is 16.5. The van der Waals surface area contributed by atoms with Crippen molar-refractivity contribution in [2.75, 3.05) is 0 Å². The smallest absolute Gasteiger partial charge is 0.167 e. The lowest BCUT2D eigenvalue weighted by Gasteiger charge is -2.03. The summed E-state index contributed by atoms with van der Waals surface area (Å²) < 4.78 is 5.26. The lowest BCUT2D eigenvalue weighted by Crippen LogP contribution is -1.92. The summed E-state index contributed by atoms with van der Waals surface area (Å²) in [6.07, 6.45) is 4.93. The Bertz CT molecular complexity index is 483. The standard InChI is InChI=1S/C12H13NO2/c14-9-5-6-11-10(7-9)12(13-15-11)8-3-1-2-4-8/h5-8,14H,1-4H2. The molecule has 3 heteroatoms. The number of nitrogens with zero attached hydrogens (tertiary/aromatic N) is 1. The third-order valence-corrected chi connectivity index (χ3v) is 3.22. The van der Waals surface area contributed by atoms with Gasteiger partial charge in [0.2, 0.25) is 0 Å². The zero-order valence-corrected chi connectivity index (χ0v) is 8.44. The number of hydrogen-bond acceptors (Lipinski definition) is 3. The highest BCUT2D eigenvalue weighted by Crippen LogP contribution is 2.37. The maximum atomic E-state index is 9.45. The van der Waals surface area contributed by atoms with Crippen molar-refractivity contribution in [3.63, 3.8) is 0 Å². The monoisotopic (exact) mass is 203 g/mol. The van der Waals surface area contributed by atoms with Crippen molar-refractivity contribution >= 4 is 11.0 Å². The first-order valence-electron chi connectivity index (χ1n) is 5.43. The van der Waals surface area contributed by atoms with Crippen molar-refractivity contribution in [2.24, 2.45) is 0 Å². The van der Waals surface area contributed by atoms with Gasteiger partial charge in [0, 0.05) is 11.3 Å². The second-order valence-corrected chi connectivity index (χ2v) is 4.23. The fraction of sp³-hybridized carbons (Fsp3) is 0.417. The fourth-order valence-electron chi connectivity index (χ4n) is 2.44. The lowest BCUT2D eigenvalue weighted by molar-refractivity contribution is 0.436. The molecular formula is C12H13NO2. The quantitative estimate of drug-likeness (QED) is 0.774. The first kappa shape index (κ1) is 8.77. The average molecular weight is 203 g/mol. The molecule has 1 aromatic carbocycles. The summed E-state index contributed by atoms with van der Waals surface area (Å²) in [7, 11) is 0. The van der Waals surface area contributed by atoms with Crippen LogP contribution in [-0.4, -0.2) is 10.3 Å². The van der Waals surface area contributed by atoms with E-state index in [1.165, 1.54) is 25.7 Å². The fourth-order valence-corrected chi connectivity index (χ4v) is 2.44. The largest absolute Gasteiger partial charge is 0.508 e. The molecule has 0 saturated heterocycles. The van der Waals surface area contributed by atoms with Gasteiger partial charge in [-0.3, -0.25) is 0 Å². The van der Waals surface area contributed by atoms with Crippen molar-refractivity contribution in [1.82, 2.24) is 5.16 Å². The molecule has 3 rings (SSSR count). The molecule has 1 aliphatic carbocycles. The predicted octanol–water partition coefficient (Wildman–Crippen LogP) is 3.19. The van der Waals surface area contributed by atoms with Crippen molar-refractivity contribution < 1.29 is 9.63 Å². The molecule has 0 spiro atoms. The third-order valence-electron chi connectivity index (χ3n) is 3.22. The second-order valence-electron chi connectivity index (χ2n) is 4.23. The van der Waals surface area contributed by atoms with Crippen LogP contribution in [0.5, 0.6) is 5.75 Å². The minimum Gasteiger partial charge on any atom is -0.508 e. The maximum Gasteiger partial charge on any atom is 0.167 e. The van der Waals surface area contributed by atoms with E-state index >= 15 is 0 Å². The van der Waals surface area contributed by atoms with E-state index < -0.39 is 0 Å². The third kappa shape index (κ3) is 1.39. The summed E-state index contributed by atoms with van der Waals surface area (Å²) >= 11 is 0. The van der Waals surface area contributed by atoms with Crippen LogP contribution in [0.1, 0.15) is 37.3 Å². The highest BCUT2D eigenvalue weighted by Gasteiger charge is 2.22. The van der Waals surface area contributed by atoms with Crippen LogP contribution in [0.15, 0.2) is 22.7 Å². The van der Waals surface area contributed by atoms with E-state index in [4.69, 9.17) is 4.52 Å². The van der Waals surface area contributed by atoms with Crippen LogP contribution in [0.25, 0.3) is 11.0 Å². The van der Waals surface area contributed by atoms with E-state index in [1.54, 1.807) is 18.2 Å². The number of phenols is 1. The molecule has 2 aromatic rings. The molecule has 1 saturated carbocycles. The van der Waals surface area contributed by atoms with Gasteiger partial charge >= 0.3 is 0 Å². The highest BCUT2D eigenvalue weighted by molar-refractivity contribution is 5.81. The summed E-state index contributed by atoms with van der Waals surface area (Å²) in [5, 5.41) is 14.6. The molecule has 1 aromatic heterocycles. The minimum absolute atomic E-state index is 0.282. The van der Waals surface area contributed by atoms with Gasteiger partial charge in [-0.15, -0.1) is 0 Å². The molecule has 78 valence electrons. The number of aromatic hydroxyl groups is 1. The van der Waals surface area contributed by atoms with Gasteiger partial charge in [-0.2, -0.15) is 0 Å². The van der Waals surface area contributed by atoms with Gasteiger partial charge < -0.3 is 9.63 Å². The molecular weight excluding hydrogens is 190 g/mol. The van der Waals surface area contributed by atoms with E-state index in [0.29, 0.717) is 5.92 Å². The van der Waals surface area contributed by atoms with E-state index in [1.807, 2.05) is 0 Å². The first-order valence-corrected chi connectivity index (χ1v) is 5.43. The van der Waals surface area contributed by atoms with Crippen LogP contribution in [0.4, 0.5) is 0 Å². The van der Waals surface area contributed by atoms with Crippen molar-refractivity contribution in [3.8, 4) is 5.75 Å². The molecule has 1 N–H and O–H groups in total. The molecule has 1 aliphatic rings. The molecule has 0 atom stereocenters. The second kappa shape index (κ2) is 3.26. The summed E-state index contributed by atoms with van der Waals surface area (Å²) in [6, 6.07) is 5.15. The van der Waals surface area contributed by atoms with Gasteiger partial charge in [0.1, 0.15) is 5.75 Å². The van der Waals surface area contributed by atoms with Gasteiger partial charge in [0.25, 0.3) is 0 Å². The molecule has 1 fully saturated rings. The number of aromatic nitrogens is 1. The van der Waals surface area contributed by atoms with Crippen molar-refractivity contribution in [3.05, 3.63) is 23.9 Å². The Morgan fingerprint density at radius 2 is 2.07 bits per heavy atom. The van der Waals surface area contributed by atoms with E-state index in [2.05, 4.69) is 5.16 Å². The van der Waals surface area contributed by atoms with Crippen LogP contribution in [0, 0.1) is 0 Å². The Hall–Kier alpha value is -1.51. The minimum atomic E-state index is 0.282. The Labute approximate surface area is 87.7 Å². The van der Waals surface area contributed by atoms with Gasteiger partial charge in [-0.1, -0.05) is 18.0 Å². The summed E-state index contributed by atoms with van der Waals surface area (Å²) in [5.74, 6) is 0.804. The van der Waals surface area contributed by atoms with Gasteiger partial charge in [0.15, 0.2) is 5.58 Å². The molecule has 0 aliphatic heterocycles. The number of phenolic OH excluding ortho intramolecular Hbond substituents is 1. The van der Waals surface area contributed by atoms with Gasteiger partial charge in [-0.25, -0.2) is 0 Å². The van der Waals surface area contributed by atoms with E-state index in [0.717, 1.165) is 16.7 Å². The van der Waals surface area contributed by atoms with Crippen molar-refractivity contribution in [2.45, 2.75) is 31.6 Å². The summed E-state index contributed by atoms with van der Waals surface area (Å²) in [6.45, 7) is 0. The topological polar surface area (TPSA) is 46.3 Å². The molecule has 3 nitrogen and oxygen atoms in total. The zero-order chi connectivity index (χ0) is 10.3. The Kier molecular flexibility index (Phi) is 1.91. The Balaban J connectivity index is 2.13. The lowest BCUT2D eigenvalue weighted by atomic mass is 10.0. The number of rotatable bonds is 1. The predicted molar refractivity (Wildman–Crippen MR) is 56.9 cm³/mol. The molecule has 0 amide bonds. The molecule has 0 unspecified atom stereocenters. The van der Waals surface area contributed by atoms with Crippen LogP contribution in [0.2, 0.25) is 0 Å². The number of benzene rings is 1. The van der Waals surface area contributed by atoms with Crippen LogP contribution in [0.3, 0.4) is 0 Å². The average Bonchev–Trinajstić information content (AvgIpc) is 2.83. The molecule has 1 heterocycles.